The molecule has 6 nitrogen and oxygen atoms in total. The molecule has 1 unspecified atom stereocenters. The molecule has 0 aliphatic carbocycles. The summed E-state index contributed by atoms with van der Waals surface area (Å²) in [6, 6.07) is 3.96. The number of thiophene rings is 1. The van der Waals surface area contributed by atoms with Crippen LogP contribution in [0.5, 0.6) is 5.88 Å². The van der Waals surface area contributed by atoms with Gasteiger partial charge in [0.2, 0.25) is 11.8 Å². The largest absolute Gasteiger partial charge is 0.472 e. The molecule has 2 aromatic rings. The summed E-state index contributed by atoms with van der Waals surface area (Å²) in [5, 5.41) is 12.2. The van der Waals surface area contributed by atoms with Gasteiger partial charge in [-0.1, -0.05) is 0 Å². The number of fused-ring (bicyclic) bond motifs is 1. The Balaban J connectivity index is 1.37. The molecule has 136 valence electrons. The van der Waals surface area contributed by atoms with Crippen LogP contribution < -0.4 is 4.74 Å². The second kappa shape index (κ2) is 7.51. The molecule has 2 aliphatic heterocycles. The molecule has 0 radical (unpaired) electrons. The highest BCUT2D eigenvalue weighted by atomic mass is 79.9. The van der Waals surface area contributed by atoms with Crippen LogP contribution in [0.15, 0.2) is 22.1 Å². The Morgan fingerprint density at radius 3 is 3.19 bits per heavy atom. The Morgan fingerprint density at radius 1 is 1.46 bits per heavy atom. The molecule has 1 amide bonds. The van der Waals surface area contributed by atoms with Gasteiger partial charge in [0, 0.05) is 40.4 Å². The van der Waals surface area contributed by atoms with E-state index in [4.69, 9.17) is 10.00 Å². The van der Waals surface area contributed by atoms with Crippen molar-refractivity contribution in [3.8, 4) is 11.9 Å². The fourth-order valence-electron chi connectivity index (χ4n) is 3.68. The van der Waals surface area contributed by atoms with Gasteiger partial charge in [-0.15, -0.1) is 11.3 Å². The molecule has 4 rings (SSSR count). The van der Waals surface area contributed by atoms with E-state index in [1.54, 1.807) is 22.4 Å². The third-order valence-electron chi connectivity index (χ3n) is 4.99. The summed E-state index contributed by atoms with van der Waals surface area (Å²) < 4.78 is 8.30. The van der Waals surface area contributed by atoms with Crippen LogP contribution in [0, 0.1) is 11.3 Å². The highest BCUT2D eigenvalue weighted by Crippen LogP contribution is 2.36. The van der Waals surface area contributed by atoms with E-state index >= 15 is 0 Å². The van der Waals surface area contributed by atoms with Crippen LogP contribution >= 0.6 is 27.3 Å². The molecule has 2 atom stereocenters. The number of nitrogens with zero attached hydrogens (tertiary/aromatic N) is 4. The van der Waals surface area contributed by atoms with Crippen molar-refractivity contribution < 1.29 is 9.53 Å². The molecule has 4 heterocycles. The minimum atomic E-state index is -0.255. The number of hydrogen-bond acceptors (Lipinski definition) is 6. The lowest BCUT2D eigenvalue weighted by Gasteiger charge is -2.23. The second-order valence-corrected chi connectivity index (χ2v) is 8.48. The molecule has 26 heavy (non-hydrogen) atoms. The van der Waals surface area contributed by atoms with E-state index in [0.717, 1.165) is 40.4 Å². The van der Waals surface area contributed by atoms with Crippen LogP contribution in [0.25, 0.3) is 10.1 Å². The molecule has 2 aliphatic rings. The van der Waals surface area contributed by atoms with Gasteiger partial charge in [0.15, 0.2) is 0 Å². The molecular weight excluding hydrogens is 416 g/mol. The minimum Gasteiger partial charge on any atom is -0.472 e. The van der Waals surface area contributed by atoms with Gasteiger partial charge in [0.1, 0.15) is 12.1 Å². The van der Waals surface area contributed by atoms with E-state index in [-0.39, 0.29) is 18.1 Å². The zero-order valence-corrected chi connectivity index (χ0v) is 16.6. The Kier molecular flexibility index (Phi) is 5.11. The van der Waals surface area contributed by atoms with Crippen molar-refractivity contribution in [2.45, 2.75) is 31.4 Å². The first-order valence-electron chi connectivity index (χ1n) is 8.75. The SMILES string of the molecule is N#CC1CCCN1C(=O)CN1CC[C@H](Oc2nccc3scc(Br)c23)C1. The van der Waals surface area contributed by atoms with Crippen LogP contribution in [0.3, 0.4) is 0 Å². The monoisotopic (exact) mass is 434 g/mol. The maximum Gasteiger partial charge on any atom is 0.237 e. The minimum absolute atomic E-state index is 0.0260. The van der Waals surface area contributed by atoms with Gasteiger partial charge in [-0.2, -0.15) is 5.26 Å². The van der Waals surface area contributed by atoms with Crippen molar-refractivity contribution in [3.63, 3.8) is 0 Å². The summed E-state index contributed by atoms with van der Waals surface area (Å²) in [7, 11) is 0. The van der Waals surface area contributed by atoms with Gasteiger partial charge in [-0.05, 0) is 41.3 Å². The number of ether oxygens (including phenoxy) is 1. The number of carbonyl (C=O) groups excluding carboxylic acids is 1. The number of pyridine rings is 1. The Labute approximate surface area is 164 Å². The fraction of sp³-hybridized carbons (Fsp3) is 0.500. The van der Waals surface area contributed by atoms with Crippen molar-refractivity contribution in [1.82, 2.24) is 14.8 Å². The number of amides is 1. The highest BCUT2D eigenvalue weighted by Gasteiger charge is 2.32. The third-order valence-corrected chi connectivity index (χ3v) is 6.87. The predicted octanol–water partition coefficient (Wildman–Crippen LogP) is 3.03. The molecule has 0 saturated carbocycles. The number of aromatic nitrogens is 1. The van der Waals surface area contributed by atoms with Crippen molar-refractivity contribution in [1.29, 1.82) is 5.26 Å². The summed E-state index contributed by atoms with van der Waals surface area (Å²) in [4.78, 5) is 20.7. The molecule has 8 heteroatoms. The van der Waals surface area contributed by atoms with Gasteiger partial charge in [-0.25, -0.2) is 4.98 Å². The zero-order chi connectivity index (χ0) is 18.1. The average Bonchev–Trinajstić information content (AvgIpc) is 3.36. The van der Waals surface area contributed by atoms with Gasteiger partial charge in [0.05, 0.1) is 18.0 Å². The Hall–Kier alpha value is -1.69. The quantitative estimate of drug-likeness (QED) is 0.739. The summed E-state index contributed by atoms with van der Waals surface area (Å²) in [6.07, 6.45) is 4.37. The molecule has 0 spiro atoms. The number of nitriles is 1. The van der Waals surface area contributed by atoms with Crippen molar-refractivity contribution >= 4 is 43.3 Å². The normalized spacial score (nSPS) is 23.5. The third kappa shape index (κ3) is 3.43. The number of carbonyl (C=O) groups is 1. The maximum atomic E-state index is 12.5. The van der Waals surface area contributed by atoms with Gasteiger partial charge in [-0.3, -0.25) is 9.69 Å². The van der Waals surface area contributed by atoms with Crippen LogP contribution in [0.4, 0.5) is 0 Å². The van der Waals surface area contributed by atoms with Crippen LogP contribution in [-0.4, -0.2) is 59.0 Å². The number of rotatable bonds is 4. The summed E-state index contributed by atoms with van der Waals surface area (Å²) in [5.41, 5.74) is 0. The standard InChI is InChI=1S/C18H19BrN4O2S/c19-14-11-26-15-3-5-21-18(17(14)15)25-13-4-7-22(9-13)10-16(24)23-6-1-2-12(23)8-20/h3,5,11-13H,1-2,4,6-7,9-10H2/t12?,13-/m0/s1. The summed E-state index contributed by atoms with van der Waals surface area (Å²) in [5.74, 6) is 0.702. The lowest BCUT2D eigenvalue weighted by molar-refractivity contribution is -0.132. The highest BCUT2D eigenvalue weighted by molar-refractivity contribution is 9.10. The van der Waals surface area contributed by atoms with Crippen LogP contribution in [0.2, 0.25) is 0 Å². The fourth-order valence-corrected chi connectivity index (χ4v) is 5.28. The molecule has 0 N–H and O–H groups in total. The van der Waals surface area contributed by atoms with E-state index in [9.17, 15) is 4.79 Å². The lowest BCUT2D eigenvalue weighted by Crippen LogP contribution is -2.42. The Morgan fingerprint density at radius 2 is 2.35 bits per heavy atom. The van der Waals surface area contributed by atoms with E-state index < -0.39 is 0 Å². The van der Waals surface area contributed by atoms with Gasteiger partial charge in [0.25, 0.3) is 0 Å². The predicted molar refractivity (Wildman–Crippen MR) is 103 cm³/mol. The summed E-state index contributed by atoms with van der Waals surface area (Å²) >= 11 is 5.22. The molecule has 0 aromatic carbocycles. The molecule has 0 bridgehead atoms. The van der Waals surface area contributed by atoms with Crippen LogP contribution in [0.1, 0.15) is 19.3 Å². The van der Waals surface area contributed by atoms with E-state index in [1.165, 1.54) is 0 Å². The smallest absolute Gasteiger partial charge is 0.237 e. The van der Waals surface area contributed by atoms with E-state index in [1.807, 2.05) is 11.4 Å². The molecular formula is C18H19BrN4O2S. The number of halogens is 1. The maximum absolute atomic E-state index is 12.5. The number of likely N-dealkylation sites (tertiary alicyclic amines) is 2. The zero-order valence-electron chi connectivity index (χ0n) is 14.2. The van der Waals surface area contributed by atoms with E-state index in [0.29, 0.717) is 25.5 Å². The second-order valence-electron chi connectivity index (χ2n) is 6.71. The van der Waals surface area contributed by atoms with Gasteiger partial charge < -0.3 is 9.64 Å². The molecule has 2 aromatic heterocycles. The van der Waals surface area contributed by atoms with E-state index in [2.05, 4.69) is 31.9 Å². The molecule has 2 saturated heterocycles. The van der Waals surface area contributed by atoms with Crippen molar-refractivity contribution in [3.05, 3.63) is 22.1 Å². The van der Waals surface area contributed by atoms with Crippen molar-refractivity contribution in [2.75, 3.05) is 26.2 Å². The topological polar surface area (TPSA) is 69.5 Å². The van der Waals surface area contributed by atoms with Gasteiger partial charge >= 0.3 is 0 Å². The van der Waals surface area contributed by atoms with Crippen LogP contribution in [-0.2, 0) is 4.79 Å². The molecule has 2 fully saturated rings. The first kappa shape index (κ1) is 17.7. The summed E-state index contributed by atoms with van der Waals surface area (Å²) in [6.45, 7) is 2.58. The lowest BCUT2D eigenvalue weighted by atomic mass is 10.2. The number of hydrogen-bond donors (Lipinski definition) is 0. The Bertz CT molecular complexity index is 864. The average molecular weight is 435 g/mol. The first-order valence-corrected chi connectivity index (χ1v) is 10.4. The first-order chi connectivity index (χ1) is 12.7. The van der Waals surface area contributed by atoms with Crippen molar-refractivity contribution in [2.24, 2.45) is 0 Å².